The van der Waals surface area contributed by atoms with Crippen LogP contribution >= 0.6 is 22.9 Å². The number of aromatic nitrogens is 1. The average molecular weight is 378 g/mol. The molecule has 0 radical (unpaired) electrons. The maximum atomic E-state index is 12.2. The zero-order valence-electron chi connectivity index (χ0n) is 10.4. The number of nitrogens with zero attached hydrogens (tertiary/aromatic N) is 1. The molecule has 0 aliphatic heterocycles. The Bertz CT molecular complexity index is 787. The Kier molecular flexibility index (Phi) is 3.09. The second-order valence-electron chi connectivity index (χ2n) is 4.46. The number of carbonyl (C=O) groups is 1. The van der Waals surface area contributed by atoms with Crippen molar-refractivity contribution in [3.05, 3.63) is 42.0 Å². The van der Waals surface area contributed by atoms with Gasteiger partial charge in [-0.1, -0.05) is 0 Å². The number of halogens is 1. The van der Waals surface area contributed by atoms with E-state index in [9.17, 15) is 4.79 Å². The number of nitrogen functional groups attached to an aromatic ring is 2. The van der Waals surface area contributed by atoms with E-state index < -0.39 is 0 Å². The number of amides is 1. The number of carbonyl (C=O) groups excluding carboxylic acids is 1. The molecule has 0 aliphatic carbocycles. The topological polar surface area (TPSA) is 94.0 Å². The molecule has 1 amide bonds. The van der Waals surface area contributed by atoms with E-state index in [4.69, 9.17) is 11.5 Å². The Morgan fingerprint density at radius 3 is 1.95 bits per heavy atom. The maximum Gasteiger partial charge on any atom is 0.261 e. The Labute approximate surface area is 128 Å². The van der Waals surface area contributed by atoms with Gasteiger partial charge in [0.15, 0.2) is 0 Å². The van der Waals surface area contributed by atoms with Crippen molar-refractivity contribution in [1.82, 2.24) is 8.51 Å². The van der Waals surface area contributed by atoms with Crippen LogP contribution in [0.25, 0.3) is 21.8 Å². The summed E-state index contributed by atoms with van der Waals surface area (Å²) in [5.41, 5.74) is 14.7. The van der Waals surface area contributed by atoms with Crippen molar-refractivity contribution in [3.8, 4) is 0 Å². The van der Waals surface area contributed by atoms with E-state index in [0.717, 1.165) is 10.8 Å². The van der Waals surface area contributed by atoms with Gasteiger partial charge in [0, 0.05) is 22.1 Å². The monoisotopic (exact) mass is 378 g/mol. The molecule has 6 heteroatoms. The Balaban J connectivity index is 2.52. The van der Waals surface area contributed by atoms with E-state index >= 15 is 0 Å². The number of nitrogens with one attached hydrogen (secondary N) is 1. The summed E-state index contributed by atoms with van der Waals surface area (Å²) in [6.45, 7) is 0. The van der Waals surface area contributed by atoms with Crippen molar-refractivity contribution in [2.45, 2.75) is 0 Å². The molecule has 3 aromatic rings. The highest BCUT2D eigenvalue weighted by atomic mass is 127. The van der Waals surface area contributed by atoms with Crippen LogP contribution in [-0.2, 0) is 0 Å². The van der Waals surface area contributed by atoms with Crippen LogP contribution in [0.1, 0.15) is 10.4 Å². The third-order valence-corrected chi connectivity index (χ3v) is 3.63. The first-order valence-electron chi connectivity index (χ1n) is 5.89. The van der Waals surface area contributed by atoms with Crippen LogP contribution in [0.15, 0.2) is 36.4 Å². The lowest BCUT2D eigenvalue weighted by atomic mass is 10.0. The third-order valence-electron chi connectivity index (χ3n) is 3.14. The predicted octanol–water partition coefficient (Wildman–Crippen LogP) is 2.63. The van der Waals surface area contributed by atoms with E-state index in [1.54, 1.807) is 24.3 Å². The van der Waals surface area contributed by atoms with Crippen LogP contribution in [-0.4, -0.2) is 10.9 Å². The van der Waals surface area contributed by atoms with E-state index in [-0.39, 0.29) is 5.91 Å². The number of hydrogen-bond acceptors (Lipinski definition) is 4. The molecule has 1 heterocycles. The molecule has 0 unspecified atom stereocenters. The summed E-state index contributed by atoms with van der Waals surface area (Å²) in [6, 6.07) is 10.7. The van der Waals surface area contributed by atoms with E-state index in [1.807, 2.05) is 35.0 Å². The molecule has 5 N–H and O–H groups in total. The highest BCUT2D eigenvalue weighted by molar-refractivity contribution is 14.1. The molecule has 0 fully saturated rings. The van der Waals surface area contributed by atoms with Crippen LogP contribution in [0.3, 0.4) is 0 Å². The molecule has 0 bridgehead atoms. The first-order chi connectivity index (χ1) is 9.60. The van der Waals surface area contributed by atoms with Gasteiger partial charge in [0.1, 0.15) is 0 Å². The Morgan fingerprint density at radius 1 is 1.00 bits per heavy atom. The van der Waals surface area contributed by atoms with Gasteiger partial charge in [-0.3, -0.25) is 8.32 Å². The van der Waals surface area contributed by atoms with E-state index in [1.165, 1.54) is 0 Å². The molecule has 0 saturated heterocycles. The van der Waals surface area contributed by atoms with Gasteiger partial charge in [-0.25, -0.2) is 4.98 Å². The SMILES string of the molecule is Nc1ccc2c(C(=O)NI)c3ccc(N)cc3nc2c1. The lowest BCUT2D eigenvalue weighted by Gasteiger charge is -2.10. The summed E-state index contributed by atoms with van der Waals surface area (Å²) in [4.78, 5) is 16.7. The van der Waals surface area contributed by atoms with Gasteiger partial charge >= 0.3 is 0 Å². The first kappa shape index (κ1) is 12.9. The zero-order chi connectivity index (χ0) is 14.3. The van der Waals surface area contributed by atoms with E-state index in [2.05, 4.69) is 8.51 Å². The van der Waals surface area contributed by atoms with Gasteiger partial charge in [0.25, 0.3) is 5.91 Å². The van der Waals surface area contributed by atoms with Crippen LogP contribution in [0.4, 0.5) is 11.4 Å². The summed E-state index contributed by atoms with van der Waals surface area (Å²) < 4.78 is 2.64. The number of nitrogens with two attached hydrogens (primary N) is 2. The highest BCUT2D eigenvalue weighted by Gasteiger charge is 2.15. The van der Waals surface area contributed by atoms with E-state index in [0.29, 0.717) is 28.0 Å². The molecule has 3 rings (SSSR count). The smallest absolute Gasteiger partial charge is 0.261 e. The van der Waals surface area contributed by atoms with Gasteiger partial charge in [0.05, 0.1) is 39.5 Å². The lowest BCUT2D eigenvalue weighted by Crippen LogP contribution is -2.13. The fourth-order valence-corrected chi connectivity index (χ4v) is 2.54. The minimum Gasteiger partial charge on any atom is -0.399 e. The Morgan fingerprint density at radius 2 is 1.50 bits per heavy atom. The average Bonchev–Trinajstić information content (AvgIpc) is 2.43. The summed E-state index contributed by atoms with van der Waals surface area (Å²) in [6.07, 6.45) is 0. The summed E-state index contributed by atoms with van der Waals surface area (Å²) in [7, 11) is 0. The standard InChI is InChI=1S/C14H11IN4O/c15-19-14(20)13-9-3-1-7(16)5-11(9)18-12-6-8(17)2-4-10(12)13/h1-6H,16-17H2,(H,19,20). The minimum atomic E-state index is -0.169. The molecule has 1 aromatic heterocycles. The van der Waals surface area contributed by atoms with Crippen LogP contribution in [0.5, 0.6) is 0 Å². The number of anilines is 2. The third kappa shape index (κ3) is 2.01. The van der Waals surface area contributed by atoms with Gasteiger partial charge < -0.3 is 11.5 Å². The number of fused-ring (bicyclic) bond motifs is 2. The molecule has 0 aliphatic rings. The highest BCUT2D eigenvalue weighted by Crippen LogP contribution is 2.28. The maximum absolute atomic E-state index is 12.2. The number of hydrogen-bond donors (Lipinski definition) is 3. The summed E-state index contributed by atoms with van der Waals surface area (Å²) in [5.74, 6) is -0.169. The van der Waals surface area contributed by atoms with Gasteiger partial charge in [-0.2, -0.15) is 0 Å². The van der Waals surface area contributed by atoms with Crippen molar-refractivity contribution in [2.24, 2.45) is 0 Å². The minimum absolute atomic E-state index is 0.169. The molecule has 5 nitrogen and oxygen atoms in total. The van der Waals surface area contributed by atoms with Crippen molar-refractivity contribution in [1.29, 1.82) is 0 Å². The molecule has 0 atom stereocenters. The van der Waals surface area contributed by atoms with Crippen LogP contribution < -0.4 is 15.0 Å². The number of benzene rings is 2. The predicted molar refractivity (Wildman–Crippen MR) is 89.6 cm³/mol. The summed E-state index contributed by atoms with van der Waals surface area (Å²) in [5, 5.41) is 1.54. The quantitative estimate of drug-likeness (QED) is 0.263. The molecule has 2 aromatic carbocycles. The van der Waals surface area contributed by atoms with Crippen molar-refractivity contribution < 1.29 is 4.79 Å². The molecule has 20 heavy (non-hydrogen) atoms. The van der Waals surface area contributed by atoms with Crippen molar-refractivity contribution in [2.75, 3.05) is 11.5 Å². The second-order valence-corrected chi connectivity index (χ2v) is 5.00. The van der Waals surface area contributed by atoms with Gasteiger partial charge in [0.2, 0.25) is 0 Å². The fourth-order valence-electron chi connectivity index (χ4n) is 2.27. The normalized spacial score (nSPS) is 10.8. The zero-order valence-corrected chi connectivity index (χ0v) is 12.5. The number of pyridine rings is 1. The molecule has 0 spiro atoms. The second kappa shape index (κ2) is 4.78. The molecule has 0 saturated carbocycles. The van der Waals surface area contributed by atoms with Gasteiger partial charge in [-0.05, 0) is 36.4 Å². The Hall–Kier alpha value is -2.09. The summed E-state index contributed by atoms with van der Waals surface area (Å²) >= 11 is 1.83. The van der Waals surface area contributed by atoms with Crippen molar-refractivity contribution >= 4 is 62.0 Å². The fraction of sp³-hybridized carbons (Fsp3) is 0. The van der Waals surface area contributed by atoms with Gasteiger partial charge in [-0.15, -0.1) is 0 Å². The number of rotatable bonds is 1. The molecule has 100 valence electrons. The first-order valence-corrected chi connectivity index (χ1v) is 6.97. The molecular formula is C14H11IN4O. The largest absolute Gasteiger partial charge is 0.399 e. The van der Waals surface area contributed by atoms with Crippen LogP contribution in [0.2, 0.25) is 0 Å². The van der Waals surface area contributed by atoms with Crippen molar-refractivity contribution in [3.63, 3.8) is 0 Å². The molecular weight excluding hydrogens is 367 g/mol. The lowest BCUT2D eigenvalue weighted by molar-refractivity contribution is 0.0993. The van der Waals surface area contributed by atoms with Crippen LogP contribution in [0, 0.1) is 0 Å².